The van der Waals surface area contributed by atoms with Gasteiger partial charge in [0, 0.05) is 0 Å². The van der Waals surface area contributed by atoms with Crippen molar-refractivity contribution in [3.63, 3.8) is 0 Å². The zero-order chi connectivity index (χ0) is 12.4. The van der Waals surface area contributed by atoms with E-state index in [0.29, 0.717) is 0 Å². The van der Waals surface area contributed by atoms with Gasteiger partial charge in [-0.2, -0.15) is 0 Å². The molecule has 92 valence electrons. The van der Waals surface area contributed by atoms with Crippen LogP contribution in [0, 0.1) is 5.82 Å². The molecule has 0 amide bonds. The maximum Gasteiger partial charge on any atom is 0.123 e. The van der Waals surface area contributed by atoms with Crippen LogP contribution in [0.1, 0.15) is 23.1 Å². The minimum absolute atomic E-state index is 0.183. The highest BCUT2D eigenvalue weighted by Crippen LogP contribution is 2.26. The van der Waals surface area contributed by atoms with Crippen molar-refractivity contribution in [2.24, 2.45) is 0 Å². The van der Waals surface area contributed by atoms with Gasteiger partial charge in [0.25, 0.3) is 0 Å². The third kappa shape index (κ3) is 2.37. The fraction of sp³-hybridized carbons (Fsp3) is 0.250. The van der Waals surface area contributed by atoms with Gasteiger partial charge in [-0.1, -0.05) is 24.3 Å². The van der Waals surface area contributed by atoms with Crippen molar-refractivity contribution in [3.05, 3.63) is 65.0 Å². The van der Waals surface area contributed by atoms with E-state index in [-0.39, 0.29) is 5.82 Å². The van der Waals surface area contributed by atoms with Crippen LogP contribution < -0.4 is 4.74 Å². The lowest BCUT2D eigenvalue weighted by Gasteiger charge is -2.17. The Labute approximate surface area is 106 Å². The lowest BCUT2D eigenvalue weighted by atomic mass is 9.99. The van der Waals surface area contributed by atoms with E-state index in [1.165, 1.54) is 23.3 Å². The molecule has 2 aromatic carbocycles. The molecule has 2 aromatic rings. The third-order valence-corrected chi connectivity index (χ3v) is 3.29. The summed E-state index contributed by atoms with van der Waals surface area (Å²) in [6.45, 7) is 0.824. The Kier molecular flexibility index (Phi) is 3.01. The smallest absolute Gasteiger partial charge is 0.123 e. The summed E-state index contributed by atoms with van der Waals surface area (Å²) in [6, 6.07) is 13.0. The Bertz CT molecular complexity index is 546. The normalized spacial score (nSPS) is 13.8. The van der Waals surface area contributed by atoms with Gasteiger partial charge in [-0.15, -0.1) is 0 Å². The van der Waals surface area contributed by atoms with Crippen molar-refractivity contribution in [3.8, 4) is 5.75 Å². The highest BCUT2D eigenvalue weighted by atomic mass is 19.1. The first-order valence-corrected chi connectivity index (χ1v) is 6.30. The van der Waals surface area contributed by atoms with Crippen LogP contribution in [0.3, 0.4) is 0 Å². The van der Waals surface area contributed by atoms with E-state index in [0.717, 1.165) is 37.2 Å². The van der Waals surface area contributed by atoms with Crippen LogP contribution in [0.25, 0.3) is 0 Å². The molecule has 0 aliphatic carbocycles. The molecule has 18 heavy (non-hydrogen) atoms. The largest absolute Gasteiger partial charge is 0.493 e. The molecule has 2 heteroatoms. The summed E-state index contributed by atoms with van der Waals surface area (Å²) in [5.41, 5.74) is 3.68. The average Bonchev–Trinajstić information content (AvgIpc) is 2.41. The second kappa shape index (κ2) is 4.81. The van der Waals surface area contributed by atoms with Gasteiger partial charge in [-0.25, -0.2) is 4.39 Å². The van der Waals surface area contributed by atoms with Crippen LogP contribution in [-0.4, -0.2) is 6.61 Å². The van der Waals surface area contributed by atoms with Gasteiger partial charge >= 0.3 is 0 Å². The van der Waals surface area contributed by atoms with Crippen LogP contribution in [0.5, 0.6) is 5.75 Å². The van der Waals surface area contributed by atoms with E-state index in [2.05, 4.69) is 12.1 Å². The molecule has 3 rings (SSSR count). The molecule has 1 heterocycles. The van der Waals surface area contributed by atoms with Gasteiger partial charge < -0.3 is 4.74 Å². The predicted octanol–water partition coefficient (Wildman–Crippen LogP) is 3.74. The van der Waals surface area contributed by atoms with E-state index in [1.54, 1.807) is 0 Å². The lowest BCUT2D eigenvalue weighted by Crippen LogP contribution is -2.08. The van der Waals surface area contributed by atoms with E-state index < -0.39 is 0 Å². The van der Waals surface area contributed by atoms with E-state index in [4.69, 9.17) is 4.74 Å². The summed E-state index contributed by atoms with van der Waals surface area (Å²) >= 11 is 0. The highest BCUT2D eigenvalue weighted by molar-refractivity contribution is 5.40. The zero-order valence-corrected chi connectivity index (χ0v) is 10.2. The first-order valence-electron chi connectivity index (χ1n) is 6.30. The number of benzene rings is 2. The van der Waals surface area contributed by atoms with Crippen molar-refractivity contribution in [2.75, 3.05) is 6.61 Å². The van der Waals surface area contributed by atoms with E-state index in [1.807, 2.05) is 18.2 Å². The number of hydrogen-bond donors (Lipinski definition) is 0. The van der Waals surface area contributed by atoms with Gasteiger partial charge in [0.05, 0.1) is 6.61 Å². The van der Waals surface area contributed by atoms with Crippen LogP contribution in [0.15, 0.2) is 42.5 Å². The van der Waals surface area contributed by atoms with Crippen LogP contribution >= 0.6 is 0 Å². The monoisotopic (exact) mass is 242 g/mol. The van der Waals surface area contributed by atoms with Gasteiger partial charge in [-0.05, 0) is 54.2 Å². The minimum atomic E-state index is -0.183. The third-order valence-electron chi connectivity index (χ3n) is 3.29. The number of fused-ring (bicyclic) bond motifs is 1. The number of hydrogen-bond acceptors (Lipinski definition) is 1. The first-order chi connectivity index (χ1) is 8.81. The molecule has 1 aliphatic heterocycles. The fourth-order valence-electron chi connectivity index (χ4n) is 2.36. The molecule has 0 atom stereocenters. The van der Waals surface area contributed by atoms with Crippen LogP contribution in [0.4, 0.5) is 4.39 Å². The number of rotatable bonds is 2. The Morgan fingerprint density at radius 1 is 1.00 bits per heavy atom. The predicted molar refractivity (Wildman–Crippen MR) is 69.5 cm³/mol. The molecule has 0 fully saturated rings. The molecule has 0 radical (unpaired) electrons. The summed E-state index contributed by atoms with van der Waals surface area (Å²) in [5, 5.41) is 0. The fourth-order valence-corrected chi connectivity index (χ4v) is 2.36. The standard InChI is InChI=1S/C16H15FO/c17-15-6-3-12(4-7-15)10-13-5-8-16-14(11-13)2-1-9-18-16/h3-8,11H,1-2,9-10H2. The number of aryl methyl sites for hydroxylation is 1. The molecule has 0 saturated heterocycles. The lowest BCUT2D eigenvalue weighted by molar-refractivity contribution is 0.288. The van der Waals surface area contributed by atoms with Crippen molar-refractivity contribution in [1.29, 1.82) is 0 Å². The summed E-state index contributed by atoms with van der Waals surface area (Å²) in [5.74, 6) is 0.835. The molecule has 0 spiro atoms. The van der Waals surface area contributed by atoms with Crippen molar-refractivity contribution < 1.29 is 9.13 Å². The molecule has 0 aromatic heterocycles. The SMILES string of the molecule is Fc1ccc(Cc2ccc3c(c2)CCCO3)cc1. The van der Waals surface area contributed by atoms with E-state index in [9.17, 15) is 4.39 Å². The van der Waals surface area contributed by atoms with Gasteiger partial charge in [0.1, 0.15) is 11.6 Å². The summed E-state index contributed by atoms with van der Waals surface area (Å²) in [4.78, 5) is 0. The van der Waals surface area contributed by atoms with Crippen LogP contribution in [-0.2, 0) is 12.8 Å². The molecule has 0 saturated carbocycles. The van der Waals surface area contributed by atoms with Crippen molar-refractivity contribution in [2.45, 2.75) is 19.3 Å². The van der Waals surface area contributed by atoms with Gasteiger partial charge in [0.2, 0.25) is 0 Å². The minimum Gasteiger partial charge on any atom is -0.493 e. The van der Waals surface area contributed by atoms with Gasteiger partial charge in [0.15, 0.2) is 0 Å². The Hall–Kier alpha value is -1.83. The second-order valence-electron chi connectivity index (χ2n) is 4.70. The topological polar surface area (TPSA) is 9.23 Å². The van der Waals surface area contributed by atoms with E-state index >= 15 is 0 Å². The van der Waals surface area contributed by atoms with Crippen LogP contribution in [0.2, 0.25) is 0 Å². The van der Waals surface area contributed by atoms with Crippen molar-refractivity contribution in [1.82, 2.24) is 0 Å². The zero-order valence-electron chi connectivity index (χ0n) is 10.2. The molecular weight excluding hydrogens is 227 g/mol. The molecule has 0 unspecified atom stereocenters. The Morgan fingerprint density at radius 2 is 1.78 bits per heavy atom. The summed E-state index contributed by atoms with van der Waals surface area (Å²) in [7, 11) is 0. The maximum atomic E-state index is 12.8. The Balaban J connectivity index is 1.82. The summed E-state index contributed by atoms with van der Waals surface area (Å²) in [6.07, 6.45) is 3.02. The molecule has 1 nitrogen and oxygen atoms in total. The number of halogens is 1. The Morgan fingerprint density at radius 3 is 2.61 bits per heavy atom. The molecule has 0 N–H and O–H groups in total. The quantitative estimate of drug-likeness (QED) is 0.779. The van der Waals surface area contributed by atoms with Crippen molar-refractivity contribution >= 4 is 0 Å². The maximum absolute atomic E-state index is 12.8. The average molecular weight is 242 g/mol. The van der Waals surface area contributed by atoms with Gasteiger partial charge in [-0.3, -0.25) is 0 Å². The molecule has 1 aliphatic rings. The molecule has 0 bridgehead atoms. The highest BCUT2D eigenvalue weighted by Gasteiger charge is 2.10. The first kappa shape index (κ1) is 11.3. The second-order valence-corrected chi connectivity index (χ2v) is 4.70. The summed E-state index contributed by atoms with van der Waals surface area (Å²) < 4.78 is 18.4. The molecular formula is C16H15FO. The number of ether oxygens (including phenoxy) is 1.